The second-order valence-corrected chi connectivity index (χ2v) is 7.53. The van der Waals surface area contributed by atoms with Crippen molar-refractivity contribution < 1.29 is 18.4 Å². The van der Waals surface area contributed by atoms with Crippen LogP contribution in [0.15, 0.2) is 22.7 Å². The second-order valence-electron chi connectivity index (χ2n) is 7.53. The van der Waals surface area contributed by atoms with E-state index in [9.17, 15) is 9.18 Å². The molecule has 7 heteroatoms. The van der Waals surface area contributed by atoms with Crippen molar-refractivity contribution >= 4 is 11.6 Å². The van der Waals surface area contributed by atoms with Crippen molar-refractivity contribution in [2.75, 3.05) is 18.0 Å². The minimum Gasteiger partial charge on any atom is -0.372 e. The zero-order valence-corrected chi connectivity index (χ0v) is 16.9. The molecule has 2 heterocycles. The Morgan fingerprint density at radius 3 is 2.61 bits per heavy atom. The highest BCUT2D eigenvalue weighted by atomic mass is 19.1. The minimum absolute atomic E-state index is 0.0693. The third-order valence-corrected chi connectivity index (χ3v) is 5.05. The molecule has 1 fully saturated rings. The quantitative estimate of drug-likeness (QED) is 0.821. The van der Waals surface area contributed by atoms with Crippen LogP contribution in [0.3, 0.4) is 0 Å². The fraction of sp³-hybridized carbons (Fsp3) is 0.524. The summed E-state index contributed by atoms with van der Waals surface area (Å²) in [6, 6.07) is 5.14. The van der Waals surface area contributed by atoms with Crippen LogP contribution in [-0.4, -0.2) is 36.4 Å². The van der Waals surface area contributed by atoms with Crippen LogP contribution in [0.5, 0.6) is 0 Å². The van der Waals surface area contributed by atoms with Gasteiger partial charge in [0.1, 0.15) is 11.6 Å². The van der Waals surface area contributed by atoms with Gasteiger partial charge in [-0.15, -0.1) is 0 Å². The molecular weight excluding hydrogens is 361 g/mol. The number of amides is 1. The third-order valence-electron chi connectivity index (χ3n) is 5.05. The topological polar surface area (TPSA) is 67.6 Å². The molecule has 0 radical (unpaired) electrons. The summed E-state index contributed by atoms with van der Waals surface area (Å²) in [5.74, 6) is 0.388. The first kappa shape index (κ1) is 20.3. The van der Waals surface area contributed by atoms with Gasteiger partial charge in [-0.25, -0.2) is 4.39 Å². The number of nitrogens with zero attached hydrogens (tertiary/aromatic N) is 2. The molecule has 3 rings (SSSR count). The molecule has 0 saturated carbocycles. The van der Waals surface area contributed by atoms with E-state index >= 15 is 0 Å². The Balaban J connectivity index is 1.53. The number of morpholine rings is 1. The van der Waals surface area contributed by atoms with Gasteiger partial charge in [0.05, 0.1) is 23.6 Å². The van der Waals surface area contributed by atoms with Crippen LogP contribution in [-0.2, 0) is 22.5 Å². The number of nitrogens with one attached hydrogen (secondary N) is 1. The number of halogens is 1. The van der Waals surface area contributed by atoms with Crippen molar-refractivity contribution in [3.05, 3.63) is 46.6 Å². The van der Waals surface area contributed by atoms with E-state index in [1.54, 1.807) is 6.07 Å². The average Bonchev–Trinajstić information content (AvgIpc) is 2.95. The number of aryl methyl sites for hydroxylation is 2. The largest absolute Gasteiger partial charge is 0.372 e. The maximum Gasteiger partial charge on any atom is 0.220 e. The summed E-state index contributed by atoms with van der Waals surface area (Å²) in [7, 11) is 0. The summed E-state index contributed by atoms with van der Waals surface area (Å²) in [5.41, 5.74) is 3.10. The Morgan fingerprint density at radius 2 is 2.00 bits per heavy atom. The molecule has 1 aliphatic heterocycles. The van der Waals surface area contributed by atoms with Gasteiger partial charge in [0.2, 0.25) is 5.91 Å². The van der Waals surface area contributed by atoms with E-state index in [4.69, 9.17) is 9.26 Å². The Kier molecular flexibility index (Phi) is 6.34. The highest BCUT2D eigenvalue weighted by molar-refractivity contribution is 5.76. The highest BCUT2D eigenvalue weighted by Gasteiger charge is 2.24. The van der Waals surface area contributed by atoms with Crippen molar-refractivity contribution in [2.45, 2.75) is 59.3 Å². The molecule has 0 spiro atoms. The Labute approximate surface area is 165 Å². The highest BCUT2D eigenvalue weighted by Crippen LogP contribution is 2.24. The molecule has 2 aromatic rings. The number of benzene rings is 1. The van der Waals surface area contributed by atoms with Crippen molar-refractivity contribution in [1.29, 1.82) is 0 Å². The van der Waals surface area contributed by atoms with Crippen molar-refractivity contribution in [2.24, 2.45) is 0 Å². The Morgan fingerprint density at radius 1 is 1.29 bits per heavy atom. The summed E-state index contributed by atoms with van der Waals surface area (Å²) >= 11 is 0. The molecule has 1 saturated heterocycles. The molecule has 1 amide bonds. The number of aromatic nitrogens is 1. The van der Waals surface area contributed by atoms with Crippen LogP contribution in [0.25, 0.3) is 0 Å². The molecule has 6 nitrogen and oxygen atoms in total. The lowest BCUT2D eigenvalue weighted by Gasteiger charge is -2.37. The minimum atomic E-state index is -0.274. The van der Waals surface area contributed by atoms with Gasteiger partial charge < -0.3 is 19.5 Å². The van der Waals surface area contributed by atoms with Crippen LogP contribution in [0, 0.1) is 19.7 Å². The van der Waals surface area contributed by atoms with Crippen LogP contribution < -0.4 is 10.2 Å². The number of hydrogen-bond acceptors (Lipinski definition) is 5. The first-order valence-electron chi connectivity index (χ1n) is 9.70. The van der Waals surface area contributed by atoms with E-state index < -0.39 is 0 Å². The number of ether oxygens (including phenoxy) is 1. The molecular formula is C21H28FN3O3. The van der Waals surface area contributed by atoms with E-state index in [0.29, 0.717) is 38.2 Å². The normalized spacial score (nSPS) is 19.7. The number of rotatable bonds is 6. The maximum atomic E-state index is 14.6. The maximum absolute atomic E-state index is 14.6. The molecule has 1 aromatic carbocycles. The molecule has 152 valence electrons. The van der Waals surface area contributed by atoms with E-state index in [2.05, 4.69) is 10.5 Å². The molecule has 0 unspecified atom stereocenters. The van der Waals surface area contributed by atoms with E-state index in [1.807, 2.05) is 38.7 Å². The third kappa shape index (κ3) is 4.90. The predicted octanol–water partition coefficient (Wildman–Crippen LogP) is 3.29. The van der Waals surface area contributed by atoms with Gasteiger partial charge in [-0.3, -0.25) is 4.79 Å². The number of carbonyl (C=O) groups excluding carboxylic acids is 1. The zero-order valence-electron chi connectivity index (χ0n) is 16.9. The molecule has 0 aliphatic carbocycles. The smallest absolute Gasteiger partial charge is 0.220 e. The van der Waals surface area contributed by atoms with Crippen LogP contribution >= 0.6 is 0 Å². The van der Waals surface area contributed by atoms with Crippen LogP contribution in [0.4, 0.5) is 10.1 Å². The SMILES string of the molecule is Cc1noc(C)c1CCC(=O)NCc1ccc(N2C[C@H](C)O[C@@H](C)C2)c(F)c1. The van der Waals surface area contributed by atoms with Crippen molar-refractivity contribution in [3.63, 3.8) is 0 Å². The lowest BCUT2D eigenvalue weighted by molar-refractivity contribution is -0.121. The summed E-state index contributed by atoms with van der Waals surface area (Å²) in [6.45, 7) is 9.32. The van der Waals surface area contributed by atoms with E-state index in [-0.39, 0.29) is 23.9 Å². The zero-order chi connectivity index (χ0) is 20.3. The molecule has 1 aliphatic rings. The predicted molar refractivity (Wildman–Crippen MR) is 105 cm³/mol. The van der Waals surface area contributed by atoms with Gasteiger partial charge >= 0.3 is 0 Å². The van der Waals surface area contributed by atoms with Crippen molar-refractivity contribution in [1.82, 2.24) is 10.5 Å². The van der Waals surface area contributed by atoms with E-state index in [0.717, 1.165) is 22.6 Å². The first-order chi connectivity index (χ1) is 13.3. The van der Waals surface area contributed by atoms with Gasteiger partial charge in [0.25, 0.3) is 0 Å². The van der Waals surface area contributed by atoms with Gasteiger partial charge in [0.15, 0.2) is 0 Å². The molecule has 0 bridgehead atoms. The molecule has 1 N–H and O–H groups in total. The lowest BCUT2D eigenvalue weighted by atomic mass is 10.1. The van der Waals surface area contributed by atoms with Gasteiger partial charge in [-0.1, -0.05) is 11.2 Å². The van der Waals surface area contributed by atoms with Crippen LogP contribution in [0.1, 0.15) is 42.8 Å². The number of carbonyl (C=O) groups is 1. The fourth-order valence-electron chi connectivity index (χ4n) is 3.68. The second kappa shape index (κ2) is 8.73. The number of hydrogen-bond donors (Lipinski definition) is 1. The lowest BCUT2D eigenvalue weighted by Crippen LogP contribution is -2.45. The summed E-state index contributed by atoms with van der Waals surface area (Å²) in [6.07, 6.45) is 1.06. The van der Waals surface area contributed by atoms with Crippen molar-refractivity contribution in [3.8, 4) is 0 Å². The summed E-state index contributed by atoms with van der Waals surface area (Å²) in [5, 5.41) is 6.74. The monoisotopic (exact) mass is 389 g/mol. The molecule has 2 atom stereocenters. The average molecular weight is 389 g/mol. The molecule has 28 heavy (non-hydrogen) atoms. The summed E-state index contributed by atoms with van der Waals surface area (Å²) in [4.78, 5) is 14.1. The molecule has 1 aromatic heterocycles. The standard InChI is InChI=1S/C21H28FN3O3/c1-13-11-25(12-14(2)27-13)20-7-5-17(9-19(20)22)10-23-21(26)8-6-18-15(3)24-28-16(18)4/h5,7,9,13-14H,6,8,10-12H2,1-4H3,(H,23,26)/t13-,14-/m0/s1. The van der Waals surface area contributed by atoms with Gasteiger partial charge in [-0.2, -0.15) is 0 Å². The van der Waals surface area contributed by atoms with Crippen LogP contribution in [0.2, 0.25) is 0 Å². The first-order valence-corrected chi connectivity index (χ1v) is 9.70. The summed E-state index contributed by atoms with van der Waals surface area (Å²) < 4.78 is 25.4. The number of anilines is 1. The van der Waals surface area contributed by atoms with Gasteiger partial charge in [-0.05, 0) is 51.8 Å². The van der Waals surface area contributed by atoms with Gasteiger partial charge in [0, 0.05) is 31.6 Å². The Bertz CT molecular complexity index is 807. The Hall–Kier alpha value is -2.41. The van der Waals surface area contributed by atoms with E-state index in [1.165, 1.54) is 6.07 Å². The fourth-order valence-corrected chi connectivity index (χ4v) is 3.68.